The number of rotatable bonds is 3. The van der Waals surface area contributed by atoms with Crippen LogP contribution in [0.4, 0.5) is 4.39 Å². The SMILES string of the molecule is O=C(NN1CCCCC1)c1ccc(C#CCCO)c(F)c1. The van der Waals surface area contributed by atoms with E-state index in [0.29, 0.717) is 6.42 Å². The highest BCUT2D eigenvalue weighted by Crippen LogP contribution is 2.11. The number of piperidine rings is 1. The first-order valence-electron chi connectivity index (χ1n) is 7.16. The van der Waals surface area contributed by atoms with E-state index in [2.05, 4.69) is 17.3 Å². The number of aliphatic hydroxyl groups is 1. The molecule has 1 aromatic rings. The Morgan fingerprint density at radius 3 is 2.76 bits per heavy atom. The molecule has 1 aliphatic rings. The zero-order chi connectivity index (χ0) is 15.1. The van der Waals surface area contributed by atoms with Crippen LogP contribution in [0.15, 0.2) is 18.2 Å². The largest absolute Gasteiger partial charge is 0.395 e. The van der Waals surface area contributed by atoms with E-state index in [0.717, 1.165) is 25.9 Å². The molecule has 1 fully saturated rings. The van der Waals surface area contributed by atoms with Gasteiger partial charge in [-0.3, -0.25) is 10.2 Å². The Morgan fingerprint density at radius 2 is 2.10 bits per heavy atom. The lowest BCUT2D eigenvalue weighted by Gasteiger charge is -2.26. The van der Waals surface area contributed by atoms with Gasteiger partial charge in [0.2, 0.25) is 0 Å². The number of halogens is 1. The minimum absolute atomic E-state index is 0.0507. The van der Waals surface area contributed by atoms with Crippen molar-refractivity contribution in [3.05, 3.63) is 35.1 Å². The standard InChI is InChI=1S/C16H19FN2O2/c17-15-12-14(8-7-13(15)6-2-5-11-20)16(21)18-19-9-3-1-4-10-19/h7-8,12,20H,1,3-5,9-11H2,(H,18,21). The van der Waals surface area contributed by atoms with Crippen LogP contribution in [0.2, 0.25) is 0 Å². The molecular formula is C16H19FN2O2. The summed E-state index contributed by atoms with van der Waals surface area (Å²) in [5.41, 5.74) is 3.31. The maximum absolute atomic E-state index is 13.9. The van der Waals surface area contributed by atoms with E-state index in [1.807, 2.05) is 5.01 Å². The third-order valence-corrected chi connectivity index (χ3v) is 3.31. The molecule has 0 aromatic heterocycles. The fourth-order valence-electron chi connectivity index (χ4n) is 2.19. The van der Waals surface area contributed by atoms with Crippen molar-refractivity contribution in [2.24, 2.45) is 0 Å². The van der Waals surface area contributed by atoms with E-state index in [1.54, 1.807) is 6.07 Å². The van der Waals surface area contributed by atoms with Crippen molar-refractivity contribution in [2.75, 3.05) is 19.7 Å². The lowest BCUT2D eigenvalue weighted by Crippen LogP contribution is -2.45. The van der Waals surface area contributed by atoms with Gasteiger partial charge < -0.3 is 5.11 Å². The quantitative estimate of drug-likeness (QED) is 0.833. The Hall–Kier alpha value is -1.90. The molecule has 0 spiro atoms. The van der Waals surface area contributed by atoms with Crippen LogP contribution < -0.4 is 5.43 Å². The number of amides is 1. The first-order chi connectivity index (χ1) is 10.2. The Balaban J connectivity index is 2.01. The summed E-state index contributed by atoms with van der Waals surface area (Å²) in [6.45, 7) is 1.61. The van der Waals surface area contributed by atoms with Crippen LogP contribution in [-0.2, 0) is 0 Å². The molecule has 0 atom stereocenters. The highest BCUT2D eigenvalue weighted by atomic mass is 19.1. The maximum atomic E-state index is 13.9. The molecule has 0 unspecified atom stereocenters. The molecule has 0 radical (unpaired) electrons. The van der Waals surface area contributed by atoms with Gasteiger partial charge in [0, 0.05) is 25.1 Å². The van der Waals surface area contributed by atoms with E-state index in [1.165, 1.54) is 18.6 Å². The zero-order valence-electron chi connectivity index (χ0n) is 11.9. The van der Waals surface area contributed by atoms with Crippen molar-refractivity contribution in [1.29, 1.82) is 0 Å². The van der Waals surface area contributed by atoms with Crippen molar-refractivity contribution >= 4 is 5.91 Å². The summed E-state index contributed by atoms with van der Waals surface area (Å²) in [6, 6.07) is 4.25. The van der Waals surface area contributed by atoms with Gasteiger partial charge in [-0.05, 0) is 31.0 Å². The molecule has 1 amide bonds. The lowest BCUT2D eigenvalue weighted by molar-refractivity contribution is 0.0749. The Labute approximate surface area is 123 Å². The fraction of sp³-hybridized carbons (Fsp3) is 0.438. The van der Waals surface area contributed by atoms with Gasteiger partial charge in [-0.15, -0.1) is 0 Å². The second kappa shape index (κ2) is 7.77. The summed E-state index contributed by atoms with van der Waals surface area (Å²) in [5.74, 6) is 4.47. The smallest absolute Gasteiger partial charge is 0.265 e. The highest BCUT2D eigenvalue weighted by Gasteiger charge is 2.15. The molecule has 1 heterocycles. The third-order valence-electron chi connectivity index (χ3n) is 3.31. The average molecular weight is 290 g/mol. The zero-order valence-corrected chi connectivity index (χ0v) is 11.9. The summed E-state index contributed by atoms with van der Waals surface area (Å²) < 4.78 is 13.9. The molecule has 0 bridgehead atoms. The van der Waals surface area contributed by atoms with Crippen molar-refractivity contribution in [2.45, 2.75) is 25.7 Å². The van der Waals surface area contributed by atoms with Gasteiger partial charge in [-0.2, -0.15) is 0 Å². The number of benzene rings is 1. The minimum Gasteiger partial charge on any atom is -0.395 e. The van der Waals surface area contributed by atoms with Crippen LogP contribution in [0, 0.1) is 17.7 Å². The Bertz CT molecular complexity index is 557. The lowest BCUT2D eigenvalue weighted by atomic mass is 10.1. The molecule has 0 aliphatic carbocycles. The number of carbonyl (C=O) groups is 1. The van der Waals surface area contributed by atoms with Crippen LogP contribution in [0.25, 0.3) is 0 Å². The van der Waals surface area contributed by atoms with Crippen molar-refractivity contribution in [3.63, 3.8) is 0 Å². The third kappa shape index (κ3) is 4.55. The van der Waals surface area contributed by atoms with Gasteiger partial charge in [0.1, 0.15) is 5.82 Å². The summed E-state index contributed by atoms with van der Waals surface area (Å²) >= 11 is 0. The maximum Gasteiger partial charge on any atom is 0.265 e. The summed E-state index contributed by atoms with van der Waals surface area (Å²) in [4.78, 5) is 12.0. The Morgan fingerprint density at radius 1 is 1.33 bits per heavy atom. The molecule has 21 heavy (non-hydrogen) atoms. The van der Waals surface area contributed by atoms with E-state index in [4.69, 9.17) is 5.11 Å². The summed E-state index contributed by atoms with van der Waals surface area (Å²) in [5, 5.41) is 10.5. The second-order valence-corrected chi connectivity index (χ2v) is 4.96. The molecule has 5 heteroatoms. The fourth-order valence-corrected chi connectivity index (χ4v) is 2.19. The molecule has 2 rings (SSSR count). The number of hydrazine groups is 1. The highest BCUT2D eigenvalue weighted by molar-refractivity contribution is 5.94. The molecule has 1 saturated heterocycles. The van der Waals surface area contributed by atoms with Gasteiger partial charge >= 0.3 is 0 Å². The predicted molar refractivity (Wildman–Crippen MR) is 77.9 cm³/mol. The topological polar surface area (TPSA) is 52.6 Å². The number of hydrogen-bond donors (Lipinski definition) is 2. The van der Waals surface area contributed by atoms with Gasteiger partial charge in [0.05, 0.1) is 12.2 Å². The van der Waals surface area contributed by atoms with Gasteiger partial charge in [-0.1, -0.05) is 18.3 Å². The molecule has 1 aliphatic heterocycles. The van der Waals surface area contributed by atoms with E-state index >= 15 is 0 Å². The monoisotopic (exact) mass is 290 g/mol. The molecule has 2 N–H and O–H groups in total. The molecule has 112 valence electrons. The first-order valence-corrected chi connectivity index (χ1v) is 7.16. The average Bonchev–Trinajstić information content (AvgIpc) is 2.50. The number of carbonyl (C=O) groups excluding carboxylic acids is 1. The Kier molecular flexibility index (Phi) is 5.73. The van der Waals surface area contributed by atoms with Crippen molar-refractivity contribution in [1.82, 2.24) is 10.4 Å². The predicted octanol–water partition coefficient (Wildman–Crippen LogP) is 1.69. The van der Waals surface area contributed by atoms with E-state index < -0.39 is 5.82 Å². The van der Waals surface area contributed by atoms with Gasteiger partial charge in [-0.25, -0.2) is 9.40 Å². The summed E-state index contributed by atoms with van der Waals surface area (Å²) in [7, 11) is 0. The van der Waals surface area contributed by atoms with Gasteiger partial charge in [0.15, 0.2) is 0 Å². The summed E-state index contributed by atoms with van der Waals surface area (Å²) in [6.07, 6.45) is 3.61. The van der Waals surface area contributed by atoms with Gasteiger partial charge in [0.25, 0.3) is 5.91 Å². The van der Waals surface area contributed by atoms with Crippen LogP contribution in [0.1, 0.15) is 41.6 Å². The molecule has 1 aromatic carbocycles. The van der Waals surface area contributed by atoms with Crippen LogP contribution in [0.5, 0.6) is 0 Å². The first kappa shape index (κ1) is 15.5. The van der Waals surface area contributed by atoms with Crippen LogP contribution in [-0.4, -0.2) is 35.7 Å². The van der Waals surface area contributed by atoms with Crippen molar-refractivity contribution in [3.8, 4) is 11.8 Å². The molecular weight excluding hydrogens is 271 g/mol. The number of hydrogen-bond acceptors (Lipinski definition) is 3. The van der Waals surface area contributed by atoms with E-state index in [9.17, 15) is 9.18 Å². The van der Waals surface area contributed by atoms with Crippen molar-refractivity contribution < 1.29 is 14.3 Å². The number of nitrogens with one attached hydrogen (secondary N) is 1. The minimum atomic E-state index is -0.522. The molecule has 0 saturated carbocycles. The second-order valence-electron chi connectivity index (χ2n) is 4.96. The van der Waals surface area contributed by atoms with E-state index in [-0.39, 0.29) is 23.6 Å². The molecule has 4 nitrogen and oxygen atoms in total. The number of aliphatic hydroxyl groups excluding tert-OH is 1. The number of nitrogens with zero attached hydrogens (tertiary/aromatic N) is 1. The normalized spacial score (nSPS) is 15.1. The van der Waals surface area contributed by atoms with Crippen LogP contribution in [0.3, 0.4) is 0 Å². The van der Waals surface area contributed by atoms with Crippen LogP contribution >= 0.6 is 0 Å².